The summed E-state index contributed by atoms with van der Waals surface area (Å²) < 4.78 is 55.2. The smallest absolute Gasteiger partial charge is 0.478 e. The number of nitrogens with zero attached hydrogens (tertiary/aromatic N) is 1. The normalized spacial score (nSPS) is 31.2. The minimum Gasteiger partial charge on any atom is -0.756 e. The van der Waals surface area contributed by atoms with E-state index in [4.69, 9.17) is 14.4 Å². The van der Waals surface area contributed by atoms with Crippen molar-refractivity contribution in [1.82, 2.24) is 9.55 Å². The zero-order valence-electron chi connectivity index (χ0n) is 15.1. The monoisotopic (exact) mass is 528 g/mol. The van der Waals surface area contributed by atoms with Gasteiger partial charge >= 0.3 is 13.5 Å². The summed E-state index contributed by atoms with van der Waals surface area (Å²) in [4.78, 5) is 64.4. The van der Waals surface area contributed by atoms with E-state index in [1.54, 1.807) is 0 Å². The van der Waals surface area contributed by atoms with Crippen molar-refractivity contribution in [2.75, 3.05) is 13.7 Å². The van der Waals surface area contributed by atoms with Gasteiger partial charge in [-0.15, -0.1) is 0 Å². The Kier molecular flexibility index (Phi) is 9.09. The SMILES string of the molecule is C.CO[C@]1(COP(=O)(O)OP(=O)([O-])OP(=O)([O-])O)O[C@@H](n2ccc(=O)[nH]c2=O)[C@H](O)[C@@H]1O. The molecule has 0 saturated carbocycles. The third kappa shape index (κ3) is 6.96. The molecule has 7 atom stereocenters. The van der Waals surface area contributed by atoms with Gasteiger partial charge in [-0.3, -0.25) is 28.0 Å². The fourth-order valence-corrected chi connectivity index (χ4v) is 5.36. The van der Waals surface area contributed by atoms with Gasteiger partial charge in [0.05, 0.1) is 0 Å². The standard InChI is InChI=1S/C10H17N2O16P3.CH4/c1-24-10(4-25-30(20,21)28-31(22,23)27-29(17,18)19)7(15)6(14)8(26-10)12-3-2-5(13)11-9(12)16;/h2-3,6-8,14-15H,4H2,1H3,(H,20,21)(H,22,23)(H,11,13,16)(H2,17,18,19);1H4/p-2/t6-,7+,8-,10-;/m1./s1. The van der Waals surface area contributed by atoms with E-state index in [9.17, 15) is 48.2 Å². The van der Waals surface area contributed by atoms with Crippen LogP contribution in [0.2, 0.25) is 0 Å². The maximum absolute atomic E-state index is 11.9. The van der Waals surface area contributed by atoms with Crippen molar-refractivity contribution in [3.8, 4) is 0 Å². The number of aromatic nitrogens is 2. The van der Waals surface area contributed by atoms with E-state index in [1.165, 1.54) is 0 Å². The number of methoxy groups -OCH3 is 1. The molecular formula is C11H19N2O16P3-2. The van der Waals surface area contributed by atoms with Gasteiger partial charge in [0.25, 0.3) is 21.2 Å². The Morgan fingerprint density at radius 1 is 1.22 bits per heavy atom. The summed E-state index contributed by atoms with van der Waals surface area (Å²) in [5, 5.41) is 20.4. The maximum Gasteiger partial charge on any atom is 0.478 e. The Hall–Kier alpha value is -1.07. The molecule has 2 rings (SSSR count). The van der Waals surface area contributed by atoms with Crippen LogP contribution in [0.5, 0.6) is 0 Å². The molecule has 5 N–H and O–H groups in total. The Bertz CT molecular complexity index is 1060. The Morgan fingerprint density at radius 3 is 2.31 bits per heavy atom. The van der Waals surface area contributed by atoms with E-state index in [-0.39, 0.29) is 7.43 Å². The molecule has 3 unspecified atom stereocenters. The van der Waals surface area contributed by atoms with Crippen molar-refractivity contribution < 1.29 is 66.1 Å². The molecule has 0 radical (unpaired) electrons. The van der Waals surface area contributed by atoms with Crippen LogP contribution < -0.4 is 21.0 Å². The molecule has 32 heavy (non-hydrogen) atoms. The zero-order chi connectivity index (χ0) is 23.8. The fraction of sp³-hybridized carbons (Fsp3) is 0.636. The first-order valence-corrected chi connectivity index (χ1v) is 12.1. The van der Waals surface area contributed by atoms with Gasteiger partial charge in [0.1, 0.15) is 18.8 Å². The molecule has 18 nitrogen and oxygen atoms in total. The topological polar surface area (TPSA) is 279 Å². The van der Waals surface area contributed by atoms with E-state index < -0.39 is 65.5 Å². The van der Waals surface area contributed by atoms with Crippen LogP contribution in [0.25, 0.3) is 0 Å². The number of ether oxygens (including phenoxy) is 2. The number of aliphatic hydroxyl groups excluding tert-OH is 2. The van der Waals surface area contributed by atoms with Crippen LogP contribution in [0.4, 0.5) is 0 Å². The van der Waals surface area contributed by atoms with Crippen molar-refractivity contribution in [1.29, 1.82) is 0 Å². The van der Waals surface area contributed by atoms with Crippen molar-refractivity contribution in [3.63, 3.8) is 0 Å². The first-order valence-electron chi connectivity index (χ1n) is 7.66. The number of hydrogen-bond donors (Lipinski definition) is 5. The van der Waals surface area contributed by atoms with Gasteiger partial charge in [-0.05, 0) is 0 Å². The number of nitrogens with one attached hydrogen (secondary N) is 1. The molecule has 1 aliphatic rings. The highest BCUT2D eigenvalue weighted by Crippen LogP contribution is 2.63. The molecule has 0 amide bonds. The molecule has 2 heterocycles. The second kappa shape index (κ2) is 10.0. The molecule has 21 heteroatoms. The summed E-state index contributed by atoms with van der Waals surface area (Å²) in [6, 6.07) is 0.880. The van der Waals surface area contributed by atoms with Crippen LogP contribution in [0, 0.1) is 0 Å². The van der Waals surface area contributed by atoms with E-state index in [0.29, 0.717) is 4.57 Å². The summed E-state index contributed by atoms with van der Waals surface area (Å²) in [5.74, 6) is -2.49. The average molecular weight is 528 g/mol. The zero-order valence-corrected chi connectivity index (χ0v) is 17.8. The molecule has 0 aliphatic carbocycles. The minimum atomic E-state index is -6.11. The molecule has 0 aromatic carbocycles. The summed E-state index contributed by atoms with van der Waals surface area (Å²) in [6.45, 7) is -1.32. The summed E-state index contributed by atoms with van der Waals surface area (Å²) in [5.41, 5.74) is -1.85. The molecule has 1 saturated heterocycles. The van der Waals surface area contributed by atoms with Crippen LogP contribution >= 0.6 is 23.5 Å². The molecule has 186 valence electrons. The van der Waals surface area contributed by atoms with Crippen LogP contribution in [0.1, 0.15) is 13.7 Å². The largest absolute Gasteiger partial charge is 0.756 e. The highest BCUT2D eigenvalue weighted by molar-refractivity contribution is 7.65. The minimum absolute atomic E-state index is 0. The van der Waals surface area contributed by atoms with Crippen LogP contribution in [-0.2, 0) is 36.3 Å². The lowest BCUT2D eigenvalue weighted by Crippen LogP contribution is -2.48. The third-order valence-electron chi connectivity index (χ3n) is 3.69. The van der Waals surface area contributed by atoms with Gasteiger partial charge < -0.3 is 39.3 Å². The van der Waals surface area contributed by atoms with Crippen molar-refractivity contribution in [2.24, 2.45) is 0 Å². The Balaban J connectivity index is 0.00000512. The molecule has 1 aromatic rings. The van der Waals surface area contributed by atoms with Crippen LogP contribution in [0.3, 0.4) is 0 Å². The quantitative estimate of drug-likeness (QED) is 0.198. The van der Waals surface area contributed by atoms with E-state index >= 15 is 0 Å². The van der Waals surface area contributed by atoms with Gasteiger partial charge in [-0.25, -0.2) is 18.0 Å². The third-order valence-corrected chi connectivity index (χ3v) is 7.40. The van der Waals surface area contributed by atoms with Crippen LogP contribution in [0.15, 0.2) is 21.9 Å². The molecular weight excluding hydrogens is 509 g/mol. The fourth-order valence-electron chi connectivity index (χ4n) is 2.42. The second-order valence-corrected chi connectivity index (χ2v) is 10.1. The van der Waals surface area contributed by atoms with E-state index in [2.05, 4.69) is 13.1 Å². The van der Waals surface area contributed by atoms with Crippen molar-refractivity contribution in [2.45, 2.75) is 31.6 Å². The number of rotatable bonds is 9. The molecule has 0 bridgehead atoms. The number of phosphoric ester groups is 1. The predicted octanol–water partition coefficient (Wildman–Crippen LogP) is -3.15. The highest BCUT2D eigenvalue weighted by Gasteiger charge is 2.57. The van der Waals surface area contributed by atoms with Gasteiger partial charge in [-0.2, -0.15) is 0 Å². The number of phosphoric acid groups is 3. The van der Waals surface area contributed by atoms with E-state index in [1.807, 2.05) is 4.98 Å². The molecule has 1 aromatic heterocycles. The van der Waals surface area contributed by atoms with Gasteiger partial charge in [-0.1, -0.05) is 7.43 Å². The van der Waals surface area contributed by atoms with Gasteiger partial charge in [0, 0.05) is 19.4 Å². The van der Waals surface area contributed by atoms with E-state index in [0.717, 1.165) is 19.4 Å². The second-order valence-electron chi connectivity index (χ2n) is 5.80. The Morgan fingerprint density at radius 2 is 1.81 bits per heavy atom. The number of aromatic amines is 1. The lowest BCUT2D eigenvalue weighted by atomic mass is 10.1. The summed E-state index contributed by atoms with van der Waals surface area (Å²) in [6.07, 6.45) is -4.82. The van der Waals surface area contributed by atoms with Crippen molar-refractivity contribution in [3.05, 3.63) is 33.1 Å². The highest BCUT2D eigenvalue weighted by atomic mass is 31.3. The van der Waals surface area contributed by atoms with Crippen molar-refractivity contribution >= 4 is 23.5 Å². The van der Waals surface area contributed by atoms with Gasteiger partial charge in [0.15, 0.2) is 6.23 Å². The lowest BCUT2D eigenvalue weighted by Gasteiger charge is -2.32. The first-order chi connectivity index (χ1) is 14.0. The van der Waals surface area contributed by atoms with Crippen LogP contribution in [-0.4, -0.2) is 61.3 Å². The maximum atomic E-state index is 11.9. The Labute approximate surface area is 178 Å². The lowest BCUT2D eigenvalue weighted by molar-refractivity contribution is -0.268. The molecule has 1 aliphatic heterocycles. The first kappa shape index (κ1) is 29.0. The molecule has 1 fully saturated rings. The number of H-pyrrole nitrogens is 1. The summed E-state index contributed by atoms with van der Waals surface area (Å²) in [7, 11) is -16.9. The number of hydrogen-bond acceptors (Lipinski definition) is 14. The number of aliphatic hydroxyl groups is 2. The molecule has 0 spiro atoms. The predicted molar refractivity (Wildman–Crippen MR) is 95.3 cm³/mol. The average Bonchev–Trinajstić information content (AvgIpc) is 2.82. The van der Waals surface area contributed by atoms with Gasteiger partial charge in [0.2, 0.25) is 5.79 Å². The summed E-state index contributed by atoms with van der Waals surface area (Å²) >= 11 is 0.